The van der Waals surface area contributed by atoms with Crippen molar-refractivity contribution < 1.29 is 65.5 Å². The van der Waals surface area contributed by atoms with Crippen molar-refractivity contribution in [3.05, 3.63) is 46.6 Å². The molecule has 14 aliphatic rings. The van der Waals surface area contributed by atoms with E-state index in [1.165, 1.54) is 283 Å². The zero-order valence-corrected chi connectivity index (χ0v) is 86.2. The smallest absolute Gasteiger partial charge is 0.0547 e. The number of rotatable bonds is 0. The van der Waals surface area contributed by atoms with Gasteiger partial charge in [0.2, 0.25) is 0 Å². The Morgan fingerprint density at radius 3 is 0.362 bits per heavy atom. The summed E-state index contributed by atoms with van der Waals surface area (Å²) in [5.41, 5.74) is 6.34. The number of hydrogen-bond acceptors (Lipinski definition) is 4. The van der Waals surface area contributed by atoms with E-state index >= 15 is 0 Å². The summed E-state index contributed by atoms with van der Waals surface area (Å²) in [7, 11) is 0. The average Bonchev–Trinajstić information content (AvgIpc) is 1.16. The number of hydrogen-bond donors (Lipinski definition) is 0. The van der Waals surface area contributed by atoms with Crippen LogP contribution in [0.5, 0.6) is 0 Å². The summed E-state index contributed by atoms with van der Waals surface area (Å²) in [6.45, 7) is 68.0. The summed E-state index contributed by atoms with van der Waals surface area (Å²) in [6, 6.07) is 0. The predicted molar refractivity (Wildman–Crippen MR) is 521 cm³/mol. The van der Waals surface area contributed by atoms with E-state index in [4.69, 9.17) is 18.9 Å². The van der Waals surface area contributed by atoms with Gasteiger partial charge in [-0.05, 0) is 302 Å². The van der Waals surface area contributed by atoms with Gasteiger partial charge in [0.05, 0.1) is 24.4 Å². The van der Waals surface area contributed by atoms with Crippen LogP contribution in [0.3, 0.4) is 0 Å². The molecule has 0 bridgehead atoms. The molecule has 0 aromatic rings. The van der Waals surface area contributed by atoms with Crippen LogP contribution in [0, 0.1) is 118 Å². The first-order chi connectivity index (χ1) is 53.0. The standard InChI is InChI=1S/6C8H16.4C8H14.4C7H14O.CH4.2H2O.Y.2H2/c10*1-7-3-5-8(2)6-4-7;4*1-6-3-4-7(2)8-5-6;;;;;;/h6*7-8H,3-6H2,1-2H3;4*3,8H,4-6H2,1-2H3;4*6-7H,3-5H2,1-2H3;1H4;2*1H2;;2*1H. The van der Waals surface area contributed by atoms with Crippen molar-refractivity contribution >= 4 is 0 Å². The first kappa shape index (κ1) is 122. The van der Waals surface area contributed by atoms with Gasteiger partial charge in [-0.1, -0.05) is 347 Å². The molecule has 14 rings (SSSR count). The van der Waals surface area contributed by atoms with Crippen molar-refractivity contribution in [2.45, 2.75) is 508 Å². The van der Waals surface area contributed by atoms with Crippen molar-refractivity contribution in [1.82, 2.24) is 0 Å². The molecular weight excluding hydrogens is 1490 g/mol. The van der Waals surface area contributed by atoms with Crippen LogP contribution >= 0.6 is 0 Å². The third-order valence-corrected chi connectivity index (χ3v) is 28.4. The van der Waals surface area contributed by atoms with E-state index in [0.717, 1.165) is 145 Å². The molecule has 0 aromatic carbocycles. The molecule has 0 spiro atoms. The number of ether oxygens (including phenoxy) is 4. The normalized spacial score (nSPS) is 35.6. The van der Waals surface area contributed by atoms with E-state index < -0.39 is 0 Å². The summed E-state index contributed by atoms with van der Waals surface area (Å²) in [5, 5.41) is 0. The largest absolute Gasteiger partial charge is 0.412 e. The summed E-state index contributed by atoms with van der Waals surface area (Å²) < 4.78 is 21.6. The minimum atomic E-state index is 0. The second-order valence-corrected chi connectivity index (χ2v) is 43.2. The first-order valence-electron chi connectivity index (χ1n) is 50.1. The van der Waals surface area contributed by atoms with Crippen LogP contribution in [-0.4, -0.2) is 61.8 Å². The van der Waals surface area contributed by atoms with Crippen molar-refractivity contribution in [1.29, 1.82) is 0 Å². The Bertz CT molecular complexity index is 1680. The summed E-state index contributed by atoms with van der Waals surface area (Å²) in [6.07, 6.45) is 73.5. The SMILES string of the molecule is C.CC1=CCC(C)CC1.CC1=CCC(C)CC1.CC1=CCC(C)CC1.CC1=CCC(C)CC1.CC1CCC(C)CC1.CC1CCC(C)CC1.CC1CCC(C)CC1.CC1CCC(C)CC1.CC1CCC(C)CC1.CC1CCC(C)CC1.CC1CCC(C)OC1.CC1CCC(C)OC1.CC1CCC(C)OC1.CC1CCC(C)OC1.O.O.[HH].[HH].[Y]. The zero-order chi connectivity index (χ0) is 83.8. The van der Waals surface area contributed by atoms with Crippen molar-refractivity contribution in [2.75, 3.05) is 26.4 Å². The second kappa shape index (κ2) is 76.1. The van der Waals surface area contributed by atoms with Crippen molar-refractivity contribution in [3.63, 3.8) is 0 Å². The fourth-order valence-corrected chi connectivity index (χ4v) is 17.0. The maximum Gasteiger partial charge on any atom is 0.0547 e. The molecule has 6 nitrogen and oxygen atoms in total. The molecule has 0 aromatic heterocycles. The molecule has 6 saturated carbocycles. The van der Waals surface area contributed by atoms with Crippen molar-refractivity contribution in [3.8, 4) is 0 Å². The fraction of sp³-hybridized carbons (Fsp3) is 0.927. The topological polar surface area (TPSA) is 99.9 Å². The number of allylic oxidation sites excluding steroid dienone is 8. The van der Waals surface area contributed by atoms with Gasteiger partial charge in [-0.25, -0.2) is 0 Å². The van der Waals surface area contributed by atoms with E-state index in [1.807, 2.05) is 0 Å². The molecule has 4 N–H and O–H groups in total. The molecule has 4 aliphatic heterocycles. The molecule has 7 heteroatoms. The van der Waals surface area contributed by atoms with Gasteiger partial charge < -0.3 is 29.9 Å². The molecule has 4 heterocycles. The Hall–Kier alpha value is -0.176. The predicted octanol–water partition coefficient (Wildman–Crippen LogP) is 34.8. The van der Waals surface area contributed by atoms with Crippen LogP contribution in [0.25, 0.3) is 0 Å². The van der Waals surface area contributed by atoms with Gasteiger partial charge in [-0.2, -0.15) is 0 Å². The Morgan fingerprint density at radius 2 is 0.293 bits per heavy atom. The Balaban J connectivity index is -0.000000285. The van der Waals surface area contributed by atoms with Crippen LogP contribution < -0.4 is 0 Å². The van der Waals surface area contributed by atoms with E-state index in [2.05, 4.69) is 218 Å². The maximum absolute atomic E-state index is 5.39. The minimum Gasteiger partial charge on any atom is -0.412 e. The van der Waals surface area contributed by atoms with Gasteiger partial charge in [0, 0.05) is 62.0 Å². The maximum atomic E-state index is 5.39. The molecule has 4 saturated heterocycles. The average molecular weight is 1720 g/mol. The summed E-state index contributed by atoms with van der Waals surface area (Å²) >= 11 is 0. The quantitative estimate of drug-likeness (QED) is 0.226. The monoisotopic (exact) mass is 1710 g/mol. The van der Waals surface area contributed by atoms with Crippen LogP contribution in [0.15, 0.2) is 46.6 Å². The van der Waals surface area contributed by atoms with Gasteiger partial charge in [0.15, 0.2) is 0 Å². The van der Waals surface area contributed by atoms with Gasteiger partial charge >= 0.3 is 0 Å². The summed E-state index contributed by atoms with van der Waals surface area (Å²) in [4.78, 5) is 0. The van der Waals surface area contributed by atoms with E-state index in [-0.39, 0.29) is 53.9 Å². The van der Waals surface area contributed by atoms with Crippen LogP contribution in [-0.2, 0) is 51.7 Å². The van der Waals surface area contributed by atoms with Gasteiger partial charge in [-0.3, -0.25) is 0 Å². The van der Waals surface area contributed by atoms with Gasteiger partial charge in [0.25, 0.3) is 0 Å². The molecule has 116 heavy (non-hydrogen) atoms. The third kappa shape index (κ3) is 74.1. The molecule has 1 radical (unpaired) electrons. The first-order valence-corrected chi connectivity index (χ1v) is 50.1. The fourth-order valence-electron chi connectivity index (χ4n) is 17.0. The minimum absolute atomic E-state index is 0. The zero-order valence-electron chi connectivity index (χ0n) is 83.3. The Labute approximate surface area is 759 Å². The van der Waals surface area contributed by atoms with Gasteiger partial charge in [-0.15, -0.1) is 0 Å². The van der Waals surface area contributed by atoms with Gasteiger partial charge in [0.1, 0.15) is 0 Å². The third-order valence-electron chi connectivity index (χ3n) is 28.4. The molecule has 10 fully saturated rings. The van der Waals surface area contributed by atoms with E-state index in [9.17, 15) is 0 Å². The molecule has 12 unspecified atom stereocenters. The van der Waals surface area contributed by atoms with Crippen LogP contribution in [0.4, 0.5) is 0 Å². The van der Waals surface area contributed by atoms with E-state index in [1.54, 1.807) is 22.3 Å². The molecule has 12 atom stereocenters. The van der Waals surface area contributed by atoms with Crippen molar-refractivity contribution in [2.24, 2.45) is 118 Å². The molecular formula is C109H220O6Y. The molecule has 0 amide bonds. The van der Waals surface area contributed by atoms with Crippen LogP contribution in [0.2, 0.25) is 0 Å². The van der Waals surface area contributed by atoms with E-state index in [0.29, 0.717) is 24.4 Å². The second-order valence-electron chi connectivity index (χ2n) is 43.2. The Morgan fingerprint density at radius 1 is 0.181 bits per heavy atom. The van der Waals surface area contributed by atoms with Crippen LogP contribution in [0.1, 0.15) is 487 Å². The molecule has 695 valence electrons. The summed E-state index contributed by atoms with van der Waals surface area (Å²) in [5.74, 6) is 19.2. The Kier molecular flexibility index (Phi) is 80.1. The molecule has 10 aliphatic carbocycles.